The first-order valence-corrected chi connectivity index (χ1v) is 10.3. The van der Waals surface area contributed by atoms with Crippen molar-refractivity contribution in [3.8, 4) is 6.07 Å². The predicted molar refractivity (Wildman–Crippen MR) is 102 cm³/mol. The third-order valence-corrected chi connectivity index (χ3v) is 6.76. The molecule has 2 aromatic rings. The first-order valence-electron chi connectivity index (χ1n) is 7.92. The van der Waals surface area contributed by atoms with Crippen LogP contribution in [0.1, 0.15) is 11.1 Å². The van der Waals surface area contributed by atoms with Crippen LogP contribution in [0.3, 0.4) is 0 Å². The van der Waals surface area contributed by atoms with Crippen molar-refractivity contribution in [1.82, 2.24) is 9.29 Å². The van der Waals surface area contributed by atoms with Gasteiger partial charge in [0.2, 0.25) is 10.0 Å². The topological polar surface area (TPSA) is 77.3 Å². The van der Waals surface area contributed by atoms with Crippen molar-refractivity contribution in [1.29, 1.82) is 5.26 Å². The molecule has 0 amide bonds. The number of benzene rings is 1. The van der Waals surface area contributed by atoms with Crippen molar-refractivity contribution in [2.75, 3.05) is 31.1 Å². The van der Waals surface area contributed by atoms with Crippen molar-refractivity contribution >= 4 is 39.0 Å². The van der Waals surface area contributed by atoms with Crippen molar-refractivity contribution in [3.05, 3.63) is 57.7 Å². The normalized spacial score (nSPS) is 15.7. The molecule has 1 saturated heterocycles. The highest BCUT2D eigenvalue weighted by atomic mass is 35.5. The summed E-state index contributed by atoms with van der Waals surface area (Å²) in [4.78, 5) is 6.19. The van der Waals surface area contributed by atoms with Crippen LogP contribution in [0.15, 0.2) is 36.5 Å². The smallest absolute Gasteiger partial charge is 0.218 e. The fraction of sp³-hybridized carbons (Fsp3) is 0.294. The zero-order valence-corrected chi connectivity index (χ0v) is 16.1. The van der Waals surface area contributed by atoms with E-state index in [0.717, 1.165) is 0 Å². The molecule has 0 unspecified atom stereocenters. The van der Waals surface area contributed by atoms with Crippen LogP contribution in [0, 0.1) is 11.3 Å². The number of pyridine rings is 1. The van der Waals surface area contributed by atoms with Crippen molar-refractivity contribution in [3.63, 3.8) is 0 Å². The Morgan fingerprint density at radius 3 is 2.50 bits per heavy atom. The summed E-state index contributed by atoms with van der Waals surface area (Å²) in [6.07, 6.45) is 1.63. The summed E-state index contributed by atoms with van der Waals surface area (Å²) in [5.41, 5.74) is 1.08. The van der Waals surface area contributed by atoms with Crippen LogP contribution in [0.2, 0.25) is 10.0 Å². The summed E-state index contributed by atoms with van der Waals surface area (Å²) < 4.78 is 26.8. The van der Waals surface area contributed by atoms with Crippen LogP contribution in [-0.2, 0) is 15.8 Å². The Balaban J connectivity index is 1.68. The number of anilines is 1. The molecule has 0 spiro atoms. The number of halogens is 2. The SMILES string of the molecule is N#Cc1cccnc1N1CCN(S(=O)(=O)Cc2ccc(Cl)c(Cl)c2)CC1. The molecule has 3 rings (SSSR count). The van der Waals surface area contributed by atoms with Crippen molar-refractivity contribution in [2.24, 2.45) is 0 Å². The van der Waals surface area contributed by atoms with Gasteiger partial charge in [0.1, 0.15) is 11.9 Å². The van der Waals surface area contributed by atoms with Gasteiger partial charge >= 0.3 is 0 Å². The van der Waals surface area contributed by atoms with Gasteiger partial charge in [0.05, 0.1) is 21.4 Å². The van der Waals surface area contributed by atoms with E-state index in [-0.39, 0.29) is 5.75 Å². The van der Waals surface area contributed by atoms with Gasteiger partial charge in [-0.2, -0.15) is 9.57 Å². The highest BCUT2D eigenvalue weighted by molar-refractivity contribution is 7.88. The molecule has 136 valence electrons. The number of nitrogens with zero attached hydrogens (tertiary/aromatic N) is 4. The minimum Gasteiger partial charge on any atom is -0.353 e. The maximum atomic E-state index is 12.7. The summed E-state index contributed by atoms with van der Waals surface area (Å²) in [5, 5.41) is 9.92. The second-order valence-corrected chi connectivity index (χ2v) is 8.66. The van der Waals surface area contributed by atoms with Crippen molar-refractivity contribution in [2.45, 2.75) is 5.75 Å². The molecule has 26 heavy (non-hydrogen) atoms. The lowest BCUT2D eigenvalue weighted by molar-refractivity contribution is 0.383. The second kappa shape index (κ2) is 7.80. The molecule has 6 nitrogen and oxygen atoms in total. The van der Waals surface area contributed by atoms with E-state index < -0.39 is 10.0 Å². The largest absolute Gasteiger partial charge is 0.353 e. The highest BCUT2D eigenvalue weighted by Gasteiger charge is 2.28. The Kier molecular flexibility index (Phi) is 5.68. The quantitative estimate of drug-likeness (QED) is 0.773. The van der Waals surface area contributed by atoms with E-state index in [1.807, 2.05) is 4.90 Å². The lowest BCUT2D eigenvalue weighted by atomic mass is 10.2. The van der Waals surface area contributed by atoms with E-state index in [2.05, 4.69) is 11.1 Å². The van der Waals surface area contributed by atoms with E-state index in [4.69, 9.17) is 23.2 Å². The molecule has 0 radical (unpaired) electrons. The lowest BCUT2D eigenvalue weighted by Crippen LogP contribution is -2.49. The molecule has 2 heterocycles. The first-order chi connectivity index (χ1) is 12.4. The van der Waals surface area contributed by atoms with E-state index in [1.165, 1.54) is 4.31 Å². The minimum atomic E-state index is -3.47. The van der Waals surface area contributed by atoms with Gasteiger partial charge in [0.15, 0.2) is 0 Å². The van der Waals surface area contributed by atoms with E-state index in [0.29, 0.717) is 53.2 Å². The standard InChI is InChI=1S/C17H16Cl2N4O2S/c18-15-4-3-13(10-16(15)19)12-26(24,25)23-8-6-22(7-9-23)17-14(11-20)2-1-5-21-17/h1-5,10H,6-9,12H2. The van der Waals surface area contributed by atoms with Crippen LogP contribution >= 0.6 is 23.2 Å². The van der Waals surface area contributed by atoms with Gasteiger partial charge in [-0.25, -0.2) is 13.4 Å². The van der Waals surface area contributed by atoms with Gasteiger partial charge in [0, 0.05) is 32.4 Å². The van der Waals surface area contributed by atoms with Crippen LogP contribution < -0.4 is 4.90 Å². The molecule has 0 saturated carbocycles. The zero-order chi connectivity index (χ0) is 18.7. The van der Waals surface area contributed by atoms with Crippen LogP contribution in [-0.4, -0.2) is 43.9 Å². The molecule has 1 fully saturated rings. The monoisotopic (exact) mass is 410 g/mol. The highest BCUT2D eigenvalue weighted by Crippen LogP contribution is 2.25. The van der Waals surface area contributed by atoms with Gasteiger partial charge < -0.3 is 4.90 Å². The third kappa shape index (κ3) is 4.10. The molecule has 0 aliphatic carbocycles. The van der Waals surface area contributed by atoms with Crippen LogP contribution in [0.5, 0.6) is 0 Å². The molecule has 1 aromatic carbocycles. The molecule has 0 N–H and O–H groups in total. The number of aromatic nitrogens is 1. The fourth-order valence-corrected chi connectivity index (χ4v) is 4.67. The van der Waals surface area contributed by atoms with Gasteiger partial charge in [-0.15, -0.1) is 0 Å². The lowest BCUT2D eigenvalue weighted by Gasteiger charge is -2.35. The van der Waals surface area contributed by atoms with Crippen LogP contribution in [0.4, 0.5) is 5.82 Å². The Morgan fingerprint density at radius 1 is 1.12 bits per heavy atom. The van der Waals surface area contributed by atoms with E-state index in [1.54, 1.807) is 36.5 Å². The maximum Gasteiger partial charge on any atom is 0.218 e. The van der Waals surface area contributed by atoms with Crippen LogP contribution in [0.25, 0.3) is 0 Å². The number of nitriles is 1. The molecule has 1 aromatic heterocycles. The number of rotatable bonds is 4. The predicted octanol–water partition coefficient (Wildman–Crippen LogP) is 2.91. The Bertz CT molecular complexity index is 951. The Labute approximate surface area is 162 Å². The van der Waals surface area contributed by atoms with Gasteiger partial charge in [-0.1, -0.05) is 29.3 Å². The zero-order valence-electron chi connectivity index (χ0n) is 13.8. The minimum absolute atomic E-state index is 0.128. The first kappa shape index (κ1) is 18.9. The number of hydrogen-bond acceptors (Lipinski definition) is 5. The average molecular weight is 411 g/mol. The van der Waals surface area contributed by atoms with E-state index in [9.17, 15) is 13.7 Å². The van der Waals surface area contributed by atoms with Gasteiger partial charge in [-0.05, 0) is 29.8 Å². The summed E-state index contributed by atoms with van der Waals surface area (Å²) in [6.45, 7) is 1.63. The second-order valence-electron chi connectivity index (χ2n) is 5.88. The van der Waals surface area contributed by atoms with Crippen molar-refractivity contribution < 1.29 is 8.42 Å². The summed E-state index contributed by atoms with van der Waals surface area (Å²) >= 11 is 11.8. The molecular formula is C17H16Cl2N4O2S. The molecule has 9 heteroatoms. The number of sulfonamides is 1. The van der Waals surface area contributed by atoms with Gasteiger partial charge in [-0.3, -0.25) is 0 Å². The summed E-state index contributed by atoms with van der Waals surface area (Å²) in [6, 6.07) is 10.4. The summed E-state index contributed by atoms with van der Waals surface area (Å²) in [7, 11) is -3.47. The average Bonchev–Trinajstić information content (AvgIpc) is 2.64. The maximum absolute atomic E-state index is 12.7. The van der Waals surface area contributed by atoms with E-state index >= 15 is 0 Å². The molecule has 1 aliphatic heterocycles. The summed E-state index contributed by atoms with van der Waals surface area (Å²) in [5.74, 6) is 0.466. The molecule has 1 aliphatic rings. The third-order valence-electron chi connectivity index (χ3n) is 4.17. The Hall–Kier alpha value is -1.85. The fourth-order valence-electron chi connectivity index (χ4n) is 2.85. The molecule has 0 atom stereocenters. The molecule has 0 bridgehead atoms. The Morgan fingerprint density at radius 2 is 1.85 bits per heavy atom. The van der Waals surface area contributed by atoms with Gasteiger partial charge in [0.25, 0.3) is 0 Å². The number of hydrogen-bond donors (Lipinski definition) is 0. The molecular weight excluding hydrogens is 395 g/mol. The number of piperazine rings is 1.